The topological polar surface area (TPSA) is 48.5 Å². The van der Waals surface area contributed by atoms with Crippen LogP contribution in [-0.4, -0.2) is 24.1 Å². The first-order chi connectivity index (χ1) is 27.4. The number of para-hydroxylation sites is 3. The summed E-state index contributed by atoms with van der Waals surface area (Å²) in [5, 5.41) is 5.91. The molecule has 0 radical (unpaired) electrons. The van der Waals surface area contributed by atoms with Crippen molar-refractivity contribution >= 4 is 75.1 Å². The molecule has 0 fully saturated rings. The van der Waals surface area contributed by atoms with Gasteiger partial charge in [-0.2, -0.15) is 9.97 Å². The quantitative estimate of drug-likeness (QED) is 0.187. The first kappa shape index (κ1) is 23.7. The van der Waals surface area contributed by atoms with Gasteiger partial charge in [-0.25, -0.2) is 4.98 Å². The van der Waals surface area contributed by atoms with Gasteiger partial charge in [0.05, 0.1) is 28.9 Å². The zero-order chi connectivity index (χ0) is 37.8. The standard InChI is InChI=1S/C45H27N5S/c1-3-13-28(14-4-1)43-46-44(29-23-26-40-36(27-29)33-19-9-12-22-39(33)51-40)48-45(47-43)50-38-21-11-8-18-32(38)35-25-24-34-31-17-7-10-20-37(31)49(41(34)42(35)50)30-15-5-2-6-16-30/h1-27H/i2D,5D,6D,15D,16D. The fourth-order valence-corrected chi connectivity index (χ4v) is 8.56. The Morgan fingerprint density at radius 3 is 1.78 bits per heavy atom. The molecule has 6 heteroatoms. The number of hydrogen-bond acceptors (Lipinski definition) is 4. The molecule has 0 saturated heterocycles. The number of benzene rings is 7. The summed E-state index contributed by atoms with van der Waals surface area (Å²) >= 11 is 1.76. The second kappa shape index (κ2) is 10.9. The van der Waals surface area contributed by atoms with E-state index in [-0.39, 0.29) is 17.8 Å². The molecule has 11 aromatic rings. The van der Waals surface area contributed by atoms with Crippen LogP contribution >= 0.6 is 11.3 Å². The highest BCUT2D eigenvalue weighted by Gasteiger charge is 2.23. The van der Waals surface area contributed by atoms with Crippen LogP contribution in [0.25, 0.3) is 98.2 Å². The summed E-state index contributed by atoms with van der Waals surface area (Å²) in [4.78, 5) is 15.5. The minimum Gasteiger partial charge on any atom is -0.307 e. The van der Waals surface area contributed by atoms with Gasteiger partial charge in [-0.05, 0) is 48.5 Å². The van der Waals surface area contributed by atoms with E-state index in [2.05, 4.69) is 60.7 Å². The van der Waals surface area contributed by atoms with Gasteiger partial charge in [-0.3, -0.25) is 4.57 Å². The molecular formula is C45H27N5S. The predicted octanol–water partition coefficient (Wildman–Crippen LogP) is 11.8. The molecule has 11 rings (SSSR count). The molecule has 4 aromatic heterocycles. The lowest BCUT2D eigenvalue weighted by atomic mass is 10.1. The molecule has 0 unspecified atom stereocenters. The van der Waals surface area contributed by atoms with Crippen molar-refractivity contribution in [2.24, 2.45) is 0 Å². The van der Waals surface area contributed by atoms with Crippen LogP contribution in [-0.2, 0) is 0 Å². The molecule has 0 amide bonds. The van der Waals surface area contributed by atoms with Gasteiger partial charge in [0.15, 0.2) is 11.6 Å². The summed E-state index contributed by atoms with van der Waals surface area (Å²) in [6.45, 7) is 0. The van der Waals surface area contributed by atoms with E-state index in [0.717, 1.165) is 49.1 Å². The Kier molecular flexibility index (Phi) is 5.08. The van der Waals surface area contributed by atoms with Crippen molar-refractivity contribution < 1.29 is 6.85 Å². The average Bonchev–Trinajstić information content (AvgIpc) is 3.90. The SMILES string of the molecule is [2H]c1c([2H])c([2H])c(-n2c3ccccc3c3ccc4c5ccccc5n(-c5nc(-c6ccccc6)nc(-c6ccc7sc8ccccc8c7c6)n5)c4c32)c([2H])c1[2H]. The zero-order valence-electron chi connectivity index (χ0n) is 31.8. The highest BCUT2D eigenvalue weighted by Crippen LogP contribution is 2.42. The van der Waals surface area contributed by atoms with Crippen LogP contribution in [0.15, 0.2) is 164 Å². The molecule has 4 heterocycles. The Bertz CT molecular complexity index is 3410. The Balaban J connectivity index is 1.30. The monoisotopic (exact) mass is 674 g/mol. The Labute approximate surface area is 303 Å². The molecule has 0 aliphatic rings. The Hall–Kier alpha value is -6.63. The van der Waals surface area contributed by atoms with Crippen LogP contribution in [0.1, 0.15) is 6.85 Å². The number of nitrogens with zero attached hydrogens (tertiary/aromatic N) is 5. The summed E-state index contributed by atoms with van der Waals surface area (Å²) in [7, 11) is 0. The molecule has 0 saturated carbocycles. The fourth-order valence-electron chi connectivity index (χ4n) is 7.47. The highest BCUT2D eigenvalue weighted by atomic mass is 32.1. The largest absolute Gasteiger partial charge is 0.307 e. The summed E-state index contributed by atoms with van der Waals surface area (Å²) in [5.74, 6) is 1.40. The number of hydrogen-bond donors (Lipinski definition) is 0. The first-order valence-corrected chi connectivity index (χ1v) is 17.4. The summed E-state index contributed by atoms with van der Waals surface area (Å²) < 4.78 is 50.1. The molecule has 7 aromatic carbocycles. The van der Waals surface area contributed by atoms with E-state index in [1.165, 1.54) is 14.8 Å². The highest BCUT2D eigenvalue weighted by molar-refractivity contribution is 7.25. The Morgan fingerprint density at radius 1 is 0.451 bits per heavy atom. The van der Waals surface area contributed by atoms with Crippen molar-refractivity contribution in [3.63, 3.8) is 0 Å². The third-order valence-electron chi connectivity index (χ3n) is 9.67. The van der Waals surface area contributed by atoms with E-state index >= 15 is 0 Å². The van der Waals surface area contributed by atoms with Crippen molar-refractivity contribution in [2.45, 2.75) is 0 Å². The maximum Gasteiger partial charge on any atom is 0.238 e. The normalized spacial score (nSPS) is 13.3. The predicted molar refractivity (Wildman–Crippen MR) is 212 cm³/mol. The third kappa shape index (κ3) is 4.24. The molecular weight excluding hydrogens is 643 g/mol. The van der Waals surface area contributed by atoms with Crippen molar-refractivity contribution in [2.75, 3.05) is 0 Å². The van der Waals surface area contributed by atoms with Crippen molar-refractivity contribution in [3.05, 3.63) is 164 Å². The molecule has 5 nitrogen and oxygen atoms in total. The van der Waals surface area contributed by atoms with Gasteiger partial charge in [-0.1, -0.05) is 115 Å². The zero-order valence-corrected chi connectivity index (χ0v) is 27.7. The van der Waals surface area contributed by atoms with Crippen molar-refractivity contribution in [3.8, 4) is 34.4 Å². The van der Waals surface area contributed by atoms with E-state index in [9.17, 15) is 0 Å². The van der Waals surface area contributed by atoms with E-state index in [1.54, 1.807) is 11.3 Å². The van der Waals surface area contributed by atoms with E-state index < -0.39 is 18.1 Å². The first-order valence-electron chi connectivity index (χ1n) is 19.1. The summed E-state index contributed by atoms with van der Waals surface area (Å²) in [6.07, 6.45) is 0. The summed E-state index contributed by atoms with van der Waals surface area (Å²) in [5.41, 5.74) is 4.73. The molecule has 0 aliphatic carbocycles. The van der Waals surface area contributed by atoms with Crippen molar-refractivity contribution in [1.82, 2.24) is 24.1 Å². The number of aromatic nitrogens is 5. The van der Waals surface area contributed by atoms with Gasteiger partial charge in [0, 0.05) is 58.5 Å². The lowest BCUT2D eigenvalue weighted by molar-refractivity contribution is 0.953. The van der Waals surface area contributed by atoms with Crippen LogP contribution in [0.2, 0.25) is 0 Å². The van der Waals surface area contributed by atoms with Gasteiger partial charge in [-0.15, -0.1) is 11.3 Å². The van der Waals surface area contributed by atoms with Gasteiger partial charge in [0.25, 0.3) is 0 Å². The molecule has 51 heavy (non-hydrogen) atoms. The molecule has 0 bridgehead atoms. The van der Waals surface area contributed by atoms with Gasteiger partial charge < -0.3 is 4.57 Å². The number of thiophene rings is 1. The molecule has 0 spiro atoms. The lowest BCUT2D eigenvalue weighted by Crippen LogP contribution is -2.07. The van der Waals surface area contributed by atoms with Gasteiger partial charge >= 0.3 is 0 Å². The number of rotatable bonds is 4. The van der Waals surface area contributed by atoms with E-state index in [1.807, 2.05) is 81.9 Å². The molecule has 238 valence electrons. The maximum absolute atomic E-state index is 9.11. The van der Waals surface area contributed by atoms with Crippen LogP contribution in [0.3, 0.4) is 0 Å². The van der Waals surface area contributed by atoms with Crippen LogP contribution in [0.5, 0.6) is 0 Å². The number of fused-ring (bicyclic) bond motifs is 10. The molecule has 0 N–H and O–H groups in total. The van der Waals surface area contributed by atoms with E-state index in [4.69, 9.17) is 21.8 Å². The second-order valence-electron chi connectivity index (χ2n) is 12.5. The minimum atomic E-state index is -0.441. The van der Waals surface area contributed by atoms with Crippen LogP contribution < -0.4 is 0 Å². The minimum absolute atomic E-state index is 0.0732. The second-order valence-corrected chi connectivity index (χ2v) is 13.6. The lowest BCUT2D eigenvalue weighted by Gasteiger charge is -2.13. The smallest absolute Gasteiger partial charge is 0.238 e. The van der Waals surface area contributed by atoms with Crippen LogP contribution in [0.4, 0.5) is 0 Å². The van der Waals surface area contributed by atoms with Gasteiger partial charge in [0.2, 0.25) is 5.95 Å². The van der Waals surface area contributed by atoms with Crippen molar-refractivity contribution in [1.29, 1.82) is 0 Å². The van der Waals surface area contributed by atoms with Crippen LogP contribution in [0, 0.1) is 0 Å². The van der Waals surface area contributed by atoms with Gasteiger partial charge in [0.1, 0.15) is 0 Å². The Morgan fingerprint density at radius 2 is 1.04 bits per heavy atom. The fraction of sp³-hybridized carbons (Fsp3) is 0. The average molecular weight is 675 g/mol. The molecule has 0 atom stereocenters. The van der Waals surface area contributed by atoms with E-state index in [0.29, 0.717) is 28.6 Å². The molecule has 0 aliphatic heterocycles. The summed E-state index contributed by atoms with van der Waals surface area (Å²) in [6, 6.07) is 42.8. The maximum atomic E-state index is 9.11. The third-order valence-corrected chi connectivity index (χ3v) is 10.8.